The molecule has 2 aromatic carbocycles. The average Bonchev–Trinajstić information content (AvgIpc) is 3.12. The van der Waals surface area contributed by atoms with E-state index in [1.54, 1.807) is 25.3 Å². The fourth-order valence-electron chi connectivity index (χ4n) is 2.48. The SMILES string of the molecule is CCCOc1ccc(C(=O)NCc2ccc3c(c2)OCO3)cc1OC. The van der Waals surface area contributed by atoms with E-state index in [-0.39, 0.29) is 12.7 Å². The molecule has 0 aromatic heterocycles. The second-order valence-electron chi connectivity index (χ2n) is 5.58. The van der Waals surface area contributed by atoms with Gasteiger partial charge in [0.15, 0.2) is 23.0 Å². The molecule has 0 radical (unpaired) electrons. The summed E-state index contributed by atoms with van der Waals surface area (Å²) in [5, 5.41) is 2.89. The minimum Gasteiger partial charge on any atom is -0.493 e. The molecule has 0 saturated carbocycles. The van der Waals surface area contributed by atoms with Crippen LogP contribution in [0.4, 0.5) is 0 Å². The summed E-state index contributed by atoms with van der Waals surface area (Å²) in [6.45, 7) is 3.26. The average molecular weight is 343 g/mol. The van der Waals surface area contributed by atoms with Crippen LogP contribution in [0.3, 0.4) is 0 Å². The zero-order chi connectivity index (χ0) is 17.6. The van der Waals surface area contributed by atoms with Gasteiger partial charge in [-0.25, -0.2) is 0 Å². The van der Waals surface area contributed by atoms with E-state index in [1.807, 2.05) is 25.1 Å². The van der Waals surface area contributed by atoms with E-state index in [1.165, 1.54) is 0 Å². The summed E-state index contributed by atoms with van der Waals surface area (Å²) in [5.41, 5.74) is 1.45. The normalized spacial score (nSPS) is 11.9. The van der Waals surface area contributed by atoms with Crippen molar-refractivity contribution >= 4 is 5.91 Å². The van der Waals surface area contributed by atoms with Crippen LogP contribution in [0.1, 0.15) is 29.3 Å². The molecule has 25 heavy (non-hydrogen) atoms. The highest BCUT2D eigenvalue weighted by atomic mass is 16.7. The Morgan fingerprint density at radius 1 is 1.12 bits per heavy atom. The number of methoxy groups -OCH3 is 1. The van der Waals surface area contributed by atoms with E-state index in [0.29, 0.717) is 36.0 Å². The molecule has 0 atom stereocenters. The topological polar surface area (TPSA) is 66.0 Å². The Bertz CT molecular complexity index is 759. The van der Waals surface area contributed by atoms with Gasteiger partial charge < -0.3 is 24.3 Å². The summed E-state index contributed by atoms with van der Waals surface area (Å²) in [5.74, 6) is 2.42. The number of amides is 1. The zero-order valence-corrected chi connectivity index (χ0v) is 14.3. The molecule has 1 aliphatic rings. The second kappa shape index (κ2) is 7.79. The van der Waals surface area contributed by atoms with Crippen LogP contribution in [-0.4, -0.2) is 26.4 Å². The van der Waals surface area contributed by atoms with Gasteiger partial charge in [-0.3, -0.25) is 4.79 Å². The number of hydrogen-bond acceptors (Lipinski definition) is 5. The number of carbonyl (C=O) groups is 1. The molecule has 0 spiro atoms. The molecule has 1 aliphatic heterocycles. The smallest absolute Gasteiger partial charge is 0.251 e. The van der Waals surface area contributed by atoms with Gasteiger partial charge in [0, 0.05) is 12.1 Å². The van der Waals surface area contributed by atoms with E-state index in [2.05, 4.69) is 5.32 Å². The lowest BCUT2D eigenvalue weighted by molar-refractivity contribution is 0.0950. The van der Waals surface area contributed by atoms with Gasteiger partial charge in [-0.05, 0) is 42.3 Å². The third kappa shape index (κ3) is 3.96. The predicted molar refractivity (Wildman–Crippen MR) is 92.5 cm³/mol. The highest BCUT2D eigenvalue weighted by Gasteiger charge is 2.14. The van der Waals surface area contributed by atoms with Crippen LogP contribution in [-0.2, 0) is 6.54 Å². The molecule has 2 aromatic rings. The van der Waals surface area contributed by atoms with E-state index < -0.39 is 0 Å². The molecule has 1 amide bonds. The van der Waals surface area contributed by atoms with Gasteiger partial charge in [0.25, 0.3) is 5.91 Å². The Balaban J connectivity index is 1.64. The molecule has 6 heteroatoms. The molecule has 3 rings (SSSR count). The molecule has 0 aliphatic carbocycles. The van der Waals surface area contributed by atoms with Gasteiger partial charge >= 0.3 is 0 Å². The molecule has 0 unspecified atom stereocenters. The van der Waals surface area contributed by atoms with Gasteiger partial charge in [-0.2, -0.15) is 0 Å². The van der Waals surface area contributed by atoms with Crippen LogP contribution in [0.5, 0.6) is 23.0 Å². The Morgan fingerprint density at radius 3 is 2.76 bits per heavy atom. The lowest BCUT2D eigenvalue weighted by atomic mass is 10.1. The molecule has 132 valence electrons. The third-order valence-electron chi connectivity index (χ3n) is 3.78. The summed E-state index contributed by atoms with van der Waals surface area (Å²) >= 11 is 0. The van der Waals surface area contributed by atoms with Crippen LogP contribution >= 0.6 is 0 Å². The monoisotopic (exact) mass is 343 g/mol. The van der Waals surface area contributed by atoms with E-state index in [9.17, 15) is 4.79 Å². The summed E-state index contributed by atoms with van der Waals surface area (Å²) in [7, 11) is 1.56. The number of nitrogens with one attached hydrogen (secondary N) is 1. The Kier molecular flexibility index (Phi) is 5.28. The molecule has 0 saturated heterocycles. The minimum absolute atomic E-state index is 0.182. The highest BCUT2D eigenvalue weighted by molar-refractivity contribution is 5.94. The molecule has 1 N–H and O–H groups in total. The molecule has 6 nitrogen and oxygen atoms in total. The Morgan fingerprint density at radius 2 is 1.96 bits per heavy atom. The molecule has 0 fully saturated rings. The maximum Gasteiger partial charge on any atom is 0.251 e. The minimum atomic E-state index is -0.182. The maximum absolute atomic E-state index is 12.4. The first kappa shape index (κ1) is 17.0. The number of carbonyl (C=O) groups excluding carboxylic acids is 1. The molecular formula is C19H21NO5. The van der Waals surface area contributed by atoms with E-state index >= 15 is 0 Å². The number of benzene rings is 2. The number of hydrogen-bond donors (Lipinski definition) is 1. The summed E-state index contributed by atoms with van der Waals surface area (Å²) in [6, 6.07) is 10.8. The predicted octanol–water partition coefficient (Wildman–Crippen LogP) is 3.14. The molecule has 0 bridgehead atoms. The van der Waals surface area contributed by atoms with E-state index in [4.69, 9.17) is 18.9 Å². The van der Waals surface area contributed by atoms with Gasteiger partial charge in [-0.1, -0.05) is 13.0 Å². The number of fused-ring (bicyclic) bond motifs is 1. The highest BCUT2D eigenvalue weighted by Crippen LogP contribution is 2.32. The molecule has 1 heterocycles. The largest absolute Gasteiger partial charge is 0.493 e. The van der Waals surface area contributed by atoms with Crippen molar-refractivity contribution in [3.63, 3.8) is 0 Å². The van der Waals surface area contributed by atoms with Crippen LogP contribution in [0, 0.1) is 0 Å². The van der Waals surface area contributed by atoms with Crippen LogP contribution < -0.4 is 24.3 Å². The zero-order valence-electron chi connectivity index (χ0n) is 14.3. The van der Waals surface area contributed by atoms with Gasteiger partial charge in [-0.15, -0.1) is 0 Å². The summed E-state index contributed by atoms with van der Waals surface area (Å²) in [6.07, 6.45) is 0.904. The van der Waals surface area contributed by atoms with Gasteiger partial charge in [0.05, 0.1) is 13.7 Å². The van der Waals surface area contributed by atoms with Crippen LogP contribution in [0.25, 0.3) is 0 Å². The summed E-state index contributed by atoms with van der Waals surface area (Å²) in [4.78, 5) is 12.4. The molecular weight excluding hydrogens is 322 g/mol. The van der Waals surface area contributed by atoms with Crippen molar-refractivity contribution < 1.29 is 23.7 Å². The van der Waals surface area contributed by atoms with Crippen molar-refractivity contribution in [3.05, 3.63) is 47.5 Å². The number of rotatable bonds is 7. The maximum atomic E-state index is 12.4. The van der Waals surface area contributed by atoms with E-state index in [0.717, 1.165) is 17.7 Å². The van der Waals surface area contributed by atoms with Gasteiger partial charge in [0.2, 0.25) is 6.79 Å². The quantitative estimate of drug-likeness (QED) is 0.837. The van der Waals surface area contributed by atoms with Crippen molar-refractivity contribution in [2.45, 2.75) is 19.9 Å². The third-order valence-corrected chi connectivity index (χ3v) is 3.78. The van der Waals surface area contributed by atoms with Crippen molar-refractivity contribution in [2.24, 2.45) is 0 Å². The first-order chi connectivity index (χ1) is 12.2. The van der Waals surface area contributed by atoms with Crippen molar-refractivity contribution in [1.82, 2.24) is 5.32 Å². The fourth-order valence-corrected chi connectivity index (χ4v) is 2.48. The Hall–Kier alpha value is -2.89. The van der Waals surface area contributed by atoms with Crippen molar-refractivity contribution in [3.8, 4) is 23.0 Å². The first-order valence-corrected chi connectivity index (χ1v) is 8.19. The summed E-state index contributed by atoms with van der Waals surface area (Å²) < 4.78 is 21.5. The van der Waals surface area contributed by atoms with Gasteiger partial charge in [0.1, 0.15) is 0 Å². The lowest BCUT2D eigenvalue weighted by Crippen LogP contribution is -2.22. The standard InChI is InChI=1S/C19H21NO5/c1-3-8-23-15-7-5-14(10-17(15)22-2)19(21)20-11-13-4-6-16-18(9-13)25-12-24-16/h4-7,9-10H,3,8,11-12H2,1-2H3,(H,20,21). The van der Waals surface area contributed by atoms with Crippen molar-refractivity contribution in [2.75, 3.05) is 20.5 Å². The van der Waals surface area contributed by atoms with Crippen LogP contribution in [0.15, 0.2) is 36.4 Å². The van der Waals surface area contributed by atoms with Crippen LogP contribution in [0.2, 0.25) is 0 Å². The first-order valence-electron chi connectivity index (χ1n) is 8.19. The van der Waals surface area contributed by atoms with Crippen molar-refractivity contribution in [1.29, 1.82) is 0 Å². The lowest BCUT2D eigenvalue weighted by Gasteiger charge is -2.12. The second-order valence-corrected chi connectivity index (χ2v) is 5.58. The number of ether oxygens (including phenoxy) is 4. The fraction of sp³-hybridized carbons (Fsp3) is 0.316. The Labute approximate surface area is 146 Å².